The van der Waals surface area contributed by atoms with E-state index in [0.717, 1.165) is 10.6 Å². The van der Waals surface area contributed by atoms with Gasteiger partial charge in [0.1, 0.15) is 5.42 Å². The molecule has 0 unspecified atom stereocenters. The molecule has 60 valence electrons. The highest BCUT2D eigenvalue weighted by Crippen LogP contribution is 1.86. The Morgan fingerprint density at radius 1 is 1.67 bits per heavy atom. The summed E-state index contributed by atoms with van der Waals surface area (Å²) in [5.74, 6) is 2.99. The first-order chi connectivity index (χ1) is 5.81. The Morgan fingerprint density at radius 3 is 2.92 bits per heavy atom. The molecule has 0 radical (unpaired) electrons. The maximum absolute atomic E-state index is 5.30. The van der Waals surface area contributed by atoms with Crippen LogP contribution in [0.3, 0.4) is 0 Å². The fourth-order valence-electron chi connectivity index (χ4n) is 0.953. The van der Waals surface area contributed by atoms with E-state index in [9.17, 15) is 0 Å². The monoisotopic (exact) mass is 158 g/mol. The van der Waals surface area contributed by atoms with Crippen molar-refractivity contribution in [3.05, 3.63) is 35.1 Å². The van der Waals surface area contributed by atoms with Crippen LogP contribution in [-0.2, 0) is 0 Å². The predicted octanol–water partition coefficient (Wildman–Crippen LogP) is 1.03. The first-order valence-electron chi connectivity index (χ1n) is 3.67. The molecule has 12 heavy (non-hydrogen) atoms. The summed E-state index contributed by atoms with van der Waals surface area (Å²) in [5.41, 5.74) is 0.764. The molecule has 0 bridgehead atoms. The molecule has 0 saturated heterocycles. The van der Waals surface area contributed by atoms with Gasteiger partial charge in [-0.1, -0.05) is 18.7 Å². The molecule has 0 atom stereocenters. The average Bonchev–Trinajstić information content (AvgIpc) is 2.48. The number of hydrogen-bond acceptors (Lipinski definition) is 1. The molecule has 0 spiro atoms. The van der Waals surface area contributed by atoms with E-state index in [0.29, 0.717) is 5.76 Å². The molecule has 1 heteroatoms. The summed E-state index contributed by atoms with van der Waals surface area (Å²) >= 11 is 0. The molecule has 0 aliphatic carbocycles. The molecule has 0 aliphatic rings. The van der Waals surface area contributed by atoms with Gasteiger partial charge in [0.05, 0.1) is 0 Å². The molecule has 1 heterocycles. The van der Waals surface area contributed by atoms with E-state index in [1.807, 2.05) is 19.1 Å². The van der Waals surface area contributed by atoms with Crippen molar-refractivity contribution in [3.8, 4) is 12.3 Å². The van der Waals surface area contributed by atoms with Crippen LogP contribution >= 0.6 is 0 Å². The highest BCUT2D eigenvalue weighted by atomic mass is 16.3. The van der Waals surface area contributed by atoms with Crippen molar-refractivity contribution in [3.63, 3.8) is 0 Å². The van der Waals surface area contributed by atoms with E-state index in [4.69, 9.17) is 10.8 Å². The van der Waals surface area contributed by atoms with Crippen LogP contribution in [0.5, 0.6) is 0 Å². The Bertz CT molecular complexity index is 427. The molecule has 1 nitrogen and oxygen atoms in total. The van der Waals surface area contributed by atoms with Crippen molar-refractivity contribution in [2.45, 2.75) is 6.92 Å². The third-order valence-corrected chi connectivity index (χ3v) is 1.51. The van der Waals surface area contributed by atoms with Crippen LogP contribution < -0.4 is 10.6 Å². The third kappa shape index (κ3) is 1.49. The second-order valence-electron chi connectivity index (χ2n) is 2.27. The zero-order chi connectivity index (χ0) is 8.97. The molecule has 0 fully saturated rings. The van der Waals surface area contributed by atoms with Crippen molar-refractivity contribution >= 4 is 12.2 Å². The van der Waals surface area contributed by atoms with Gasteiger partial charge in [0.2, 0.25) is 0 Å². The minimum atomic E-state index is 0.552. The highest BCUT2D eigenvalue weighted by Gasteiger charge is 1.92. The van der Waals surface area contributed by atoms with Crippen LogP contribution in [0.25, 0.3) is 12.2 Å². The van der Waals surface area contributed by atoms with E-state index >= 15 is 0 Å². The topological polar surface area (TPSA) is 13.1 Å². The van der Waals surface area contributed by atoms with Crippen LogP contribution in [-0.4, -0.2) is 0 Å². The van der Waals surface area contributed by atoms with Gasteiger partial charge >= 0.3 is 0 Å². The Kier molecular flexibility index (Phi) is 2.55. The molecule has 1 rings (SSSR count). The van der Waals surface area contributed by atoms with E-state index in [-0.39, 0.29) is 0 Å². The smallest absolute Gasteiger partial charge is 0.177 e. The maximum atomic E-state index is 5.30. The number of rotatable bonds is 1. The largest absolute Gasteiger partial charge is 0.448 e. The van der Waals surface area contributed by atoms with Crippen LogP contribution in [0.4, 0.5) is 0 Å². The van der Waals surface area contributed by atoms with Gasteiger partial charge in [0.25, 0.3) is 0 Å². The van der Waals surface area contributed by atoms with Crippen molar-refractivity contribution in [1.82, 2.24) is 0 Å². The minimum absolute atomic E-state index is 0.552. The number of allylic oxidation sites excluding steroid dienone is 1. The normalized spacial score (nSPS) is 13.0. The van der Waals surface area contributed by atoms with Crippen molar-refractivity contribution in [2.24, 2.45) is 0 Å². The van der Waals surface area contributed by atoms with Gasteiger partial charge in [-0.05, 0) is 18.9 Å². The van der Waals surface area contributed by atoms with Crippen molar-refractivity contribution < 1.29 is 4.42 Å². The second-order valence-corrected chi connectivity index (χ2v) is 2.27. The van der Waals surface area contributed by atoms with Crippen molar-refractivity contribution in [1.29, 1.82) is 0 Å². The summed E-state index contributed by atoms with van der Waals surface area (Å²) in [7, 11) is 0. The molecule has 0 aromatic carbocycles. The molecule has 1 aromatic heterocycles. The highest BCUT2D eigenvalue weighted by molar-refractivity contribution is 5.37. The van der Waals surface area contributed by atoms with Gasteiger partial charge < -0.3 is 4.42 Å². The predicted molar refractivity (Wildman–Crippen MR) is 50.7 cm³/mol. The molecule has 0 saturated carbocycles. The summed E-state index contributed by atoms with van der Waals surface area (Å²) < 4.78 is 5.30. The summed E-state index contributed by atoms with van der Waals surface area (Å²) in [5, 5.41) is 1.00. The summed E-state index contributed by atoms with van der Waals surface area (Å²) in [6.45, 7) is 5.52. The number of furan rings is 1. The van der Waals surface area contributed by atoms with Gasteiger partial charge in [-0.25, -0.2) is 0 Å². The lowest BCUT2D eigenvalue weighted by molar-refractivity contribution is 0.520. The Hall–Kier alpha value is -1.68. The van der Waals surface area contributed by atoms with Gasteiger partial charge in [-0.3, -0.25) is 0 Å². The Labute approximate surface area is 71.7 Å². The van der Waals surface area contributed by atoms with Crippen LogP contribution in [0.1, 0.15) is 12.7 Å². The lowest BCUT2D eigenvalue weighted by atomic mass is 10.3. The van der Waals surface area contributed by atoms with Crippen LogP contribution in [0, 0.1) is 12.3 Å². The average molecular weight is 158 g/mol. The molecular formula is C11H10O. The maximum Gasteiger partial charge on any atom is 0.177 e. The van der Waals surface area contributed by atoms with Crippen LogP contribution in [0.15, 0.2) is 23.1 Å². The minimum Gasteiger partial charge on any atom is -0.448 e. The molecular weight excluding hydrogens is 148 g/mol. The Balaban J connectivity index is 3.51. The number of hydrogen-bond donors (Lipinski definition) is 0. The second kappa shape index (κ2) is 3.64. The lowest BCUT2D eigenvalue weighted by Crippen LogP contribution is -2.17. The first kappa shape index (κ1) is 8.42. The van der Waals surface area contributed by atoms with Gasteiger partial charge in [-0.15, -0.1) is 6.42 Å². The SMILES string of the molecule is C#Cc1cc(=C/C)/c(=C\C=C)o1. The lowest BCUT2D eigenvalue weighted by Gasteiger charge is -1.75. The first-order valence-corrected chi connectivity index (χ1v) is 3.67. The van der Waals surface area contributed by atoms with E-state index in [1.165, 1.54) is 0 Å². The summed E-state index contributed by atoms with van der Waals surface area (Å²) in [4.78, 5) is 0. The van der Waals surface area contributed by atoms with Gasteiger partial charge in [-0.2, -0.15) is 0 Å². The summed E-state index contributed by atoms with van der Waals surface area (Å²) in [6.07, 6.45) is 10.6. The molecule has 0 N–H and O–H groups in total. The van der Waals surface area contributed by atoms with Crippen LogP contribution in [0.2, 0.25) is 0 Å². The standard InChI is InChI=1S/C11H10O/c1-4-7-11-9(5-2)8-10(6-3)12-11/h3-5,7-8H,1H2,2H3/b9-5-,11-7+. The molecule has 0 aliphatic heterocycles. The summed E-state index contributed by atoms with van der Waals surface area (Å²) in [6, 6.07) is 1.83. The number of terminal acetylenes is 1. The third-order valence-electron chi connectivity index (χ3n) is 1.51. The van der Waals surface area contributed by atoms with E-state index in [1.54, 1.807) is 12.2 Å². The molecule has 1 aromatic rings. The van der Waals surface area contributed by atoms with Gasteiger partial charge in [0.15, 0.2) is 5.76 Å². The Morgan fingerprint density at radius 2 is 2.42 bits per heavy atom. The fraction of sp³-hybridized carbons (Fsp3) is 0.0909. The van der Waals surface area contributed by atoms with E-state index in [2.05, 4.69) is 12.5 Å². The fourth-order valence-corrected chi connectivity index (χ4v) is 0.953. The molecule has 0 amide bonds. The zero-order valence-electron chi connectivity index (χ0n) is 7.00. The zero-order valence-corrected chi connectivity index (χ0v) is 7.00. The van der Waals surface area contributed by atoms with Crippen molar-refractivity contribution in [2.75, 3.05) is 0 Å². The van der Waals surface area contributed by atoms with E-state index < -0.39 is 0 Å². The quantitative estimate of drug-likeness (QED) is 0.556. The van der Waals surface area contributed by atoms with Gasteiger partial charge in [0, 0.05) is 11.3 Å².